The van der Waals surface area contributed by atoms with Crippen LogP contribution in [0.25, 0.3) is 0 Å². The molecule has 1 aliphatic carbocycles. The molecule has 142 valence electrons. The monoisotopic (exact) mass is 366 g/mol. The number of nitrogens with zero attached hydrogens (tertiary/aromatic N) is 3. The molecule has 1 aliphatic heterocycles. The maximum Gasteiger partial charge on any atom is 0.227 e. The van der Waals surface area contributed by atoms with Crippen molar-refractivity contribution in [1.29, 1.82) is 0 Å². The van der Waals surface area contributed by atoms with E-state index in [1.165, 1.54) is 18.4 Å². The molecule has 1 saturated heterocycles. The lowest BCUT2D eigenvalue weighted by molar-refractivity contribution is -0.126. The summed E-state index contributed by atoms with van der Waals surface area (Å²) in [5.74, 6) is 0.0965. The minimum Gasteiger partial charge on any atom is -0.350 e. The molecule has 4 rings (SSSR count). The molecule has 0 radical (unpaired) electrons. The number of amides is 2. The van der Waals surface area contributed by atoms with Gasteiger partial charge in [-0.25, -0.2) is 4.98 Å². The van der Waals surface area contributed by atoms with E-state index in [9.17, 15) is 9.59 Å². The average molecular weight is 366 g/mol. The first-order chi connectivity index (χ1) is 13.0. The first kappa shape index (κ1) is 17.8. The van der Waals surface area contributed by atoms with Gasteiger partial charge in [-0.15, -0.1) is 0 Å². The highest BCUT2D eigenvalue weighted by molar-refractivity contribution is 6.00. The molecule has 6 heteroatoms. The SMILES string of the molecule is CC(C)c1ccc(N2C[C@@H](C(=O)NCc3cncn3C3CC3)CC2=O)cc1. The Morgan fingerprint density at radius 3 is 2.67 bits per heavy atom. The predicted octanol–water partition coefficient (Wildman–Crippen LogP) is 3.01. The number of imidazole rings is 1. The van der Waals surface area contributed by atoms with Gasteiger partial charge in [-0.1, -0.05) is 26.0 Å². The van der Waals surface area contributed by atoms with E-state index in [-0.39, 0.29) is 24.2 Å². The van der Waals surface area contributed by atoms with Crippen molar-refractivity contribution in [2.24, 2.45) is 5.92 Å². The van der Waals surface area contributed by atoms with Crippen LogP contribution < -0.4 is 10.2 Å². The van der Waals surface area contributed by atoms with Crippen LogP contribution >= 0.6 is 0 Å². The number of anilines is 1. The molecule has 1 aromatic heterocycles. The number of nitrogens with one attached hydrogen (secondary N) is 1. The first-order valence-corrected chi connectivity index (χ1v) is 9.71. The Morgan fingerprint density at radius 1 is 1.26 bits per heavy atom. The summed E-state index contributed by atoms with van der Waals surface area (Å²) in [6.45, 7) is 5.19. The van der Waals surface area contributed by atoms with E-state index in [2.05, 4.69) is 40.8 Å². The molecule has 2 aromatic rings. The van der Waals surface area contributed by atoms with E-state index >= 15 is 0 Å². The Morgan fingerprint density at radius 2 is 2.00 bits per heavy atom. The van der Waals surface area contributed by atoms with Crippen molar-refractivity contribution in [1.82, 2.24) is 14.9 Å². The van der Waals surface area contributed by atoms with Gasteiger partial charge in [0, 0.05) is 30.9 Å². The fourth-order valence-corrected chi connectivity index (χ4v) is 3.64. The second kappa shape index (κ2) is 7.18. The second-order valence-electron chi connectivity index (χ2n) is 7.89. The van der Waals surface area contributed by atoms with Gasteiger partial charge in [0.15, 0.2) is 0 Å². The summed E-state index contributed by atoms with van der Waals surface area (Å²) in [5, 5.41) is 2.99. The summed E-state index contributed by atoms with van der Waals surface area (Å²) in [6.07, 6.45) is 6.26. The first-order valence-electron chi connectivity index (χ1n) is 9.71. The highest BCUT2D eigenvalue weighted by Crippen LogP contribution is 2.35. The zero-order chi connectivity index (χ0) is 19.0. The molecule has 0 bridgehead atoms. The number of rotatable bonds is 6. The van der Waals surface area contributed by atoms with E-state index in [4.69, 9.17) is 0 Å². The molecule has 1 atom stereocenters. The summed E-state index contributed by atoms with van der Waals surface area (Å²) in [4.78, 5) is 30.9. The lowest BCUT2D eigenvalue weighted by Gasteiger charge is -2.18. The zero-order valence-electron chi connectivity index (χ0n) is 15.9. The third-order valence-electron chi connectivity index (χ3n) is 5.50. The lowest BCUT2D eigenvalue weighted by Crippen LogP contribution is -2.33. The van der Waals surface area contributed by atoms with Crippen molar-refractivity contribution < 1.29 is 9.59 Å². The van der Waals surface area contributed by atoms with Gasteiger partial charge in [0.2, 0.25) is 11.8 Å². The minimum atomic E-state index is -0.306. The van der Waals surface area contributed by atoms with Crippen molar-refractivity contribution in [3.05, 3.63) is 48.0 Å². The number of benzene rings is 1. The van der Waals surface area contributed by atoms with E-state index in [0.717, 1.165) is 11.4 Å². The normalized spacial score (nSPS) is 19.7. The largest absolute Gasteiger partial charge is 0.350 e. The second-order valence-corrected chi connectivity index (χ2v) is 7.89. The van der Waals surface area contributed by atoms with Crippen LogP contribution in [0.2, 0.25) is 0 Å². The summed E-state index contributed by atoms with van der Waals surface area (Å²) >= 11 is 0. The molecule has 27 heavy (non-hydrogen) atoms. The van der Waals surface area contributed by atoms with Crippen LogP contribution in [0.15, 0.2) is 36.8 Å². The molecule has 2 amide bonds. The molecule has 2 fully saturated rings. The Kier molecular flexibility index (Phi) is 4.72. The number of hydrogen-bond donors (Lipinski definition) is 1. The highest BCUT2D eigenvalue weighted by atomic mass is 16.2. The van der Waals surface area contributed by atoms with Crippen LogP contribution in [0.1, 0.15) is 56.3 Å². The van der Waals surface area contributed by atoms with E-state index in [1.54, 1.807) is 11.1 Å². The molecule has 0 unspecified atom stereocenters. The standard InChI is InChI=1S/C21H26N4O2/c1-14(2)15-3-5-17(6-4-15)24-12-16(9-20(24)26)21(27)23-11-19-10-22-13-25(19)18-7-8-18/h3-6,10,13-14,16,18H,7-9,11-12H2,1-2H3,(H,23,27)/t16-/m0/s1. The lowest BCUT2D eigenvalue weighted by atomic mass is 10.0. The van der Waals surface area contributed by atoms with Crippen molar-refractivity contribution in [3.8, 4) is 0 Å². The van der Waals surface area contributed by atoms with Crippen LogP contribution in [-0.2, 0) is 16.1 Å². The predicted molar refractivity (Wildman–Crippen MR) is 103 cm³/mol. The topological polar surface area (TPSA) is 67.2 Å². The van der Waals surface area contributed by atoms with Gasteiger partial charge >= 0.3 is 0 Å². The fourth-order valence-electron chi connectivity index (χ4n) is 3.64. The van der Waals surface area contributed by atoms with Gasteiger partial charge in [0.1, 0.15) is 0 Å². The Hall–Kier alpha value is -2.63. The van der Waals surface area contributed by atoms with E-state index < -0.39 is 0 Å². The van der Waals surface area contributed by atoms with Crippen LogP contribution in [-0.4, -0.2) is 27.9 Å². The Bertz CT molecular complexity index is 836. The summed E-state index contributed by atoms with van der Waals surface area (Å²) in [5.41, 5.74) is 3.13. The Labute approximate surface area is 159 Å². The third-order valence-corrected chi connectivity index (χ3v) is 5.50. The highest BCUT2D eigenvalue weighted by Gasteiger charge is 2.35. The number of hydrogen-bond acceptors (Lipinski definition) is 3. The molecule has 1 saturated carbocycles. The molecule has 1 aromatic carbocycles. The maximum atomic E-state index is 12.6. The van der Waals surface area contributed by atoms with E-state index in [1.807, 2.05) is 18.5 Å². The van der Waals surface area contributed by atoms with Crippen LogP contribution in [0.4, 0.5) is 5.69 Å². The average Bonchev–Trinajstić information content (AvgIpc) is 3.27. The number of carbonyl (C=O) groups is 2. The minimum absolute atomic E-state index is 0.00969. The van der Waals surface area contributed by atoms with Crippen molar-refractivity contribution in [2.75, 3.05) is 11.4 Å². The van der Waals surface area contributed by atoms with Gasteiger partial charge < -0.3 is 14.8 Å². The molecular weight excluding hydrogens is 340 g/mol. The fraction of sp³-hybridized carbons (Fsp3) is 0.476. The summed E-state index contributed by atoms with van der Waals surface area (Å²) < 4.78 is 2.14. The van der Waals surface area contributed by atoms with Gasteiger partial charge in [0.25, 0.3) is 0 Å². The number of aromatic nitrogens is 2. The zero-order valence-corrected chi connectivity index (χ0v) is 15.9. The van der Waals surface area contributed by atoms with E-state index in [0.29, 0.717) is 25.0 Å². The molecule has 1 N–H and O–H groups in total. The summed E-state index contributed by atoms with van der Waals surface area (Å²) in [6, 6.07) is 8.60. The summed E-state index contributed by atoms with van der Waals surface area (Å²) in [7, 11) is 0. The Balaban J connectivity index is 1.36. The van der Waals surface area contributed by atoms with Crippen LogP contribution in [0.3, 0.4) is 0 Å². The van der Waals surface area contributed by atoms with Crippen molar-refractivity contribution in [3.63, 3.8) is 0 Å². The van der Waals surface area contributed by atoms with Gasteiger partial charge in [-0.2, -0.15) is 0 Å². The molecule has 0 spiro atoms. The van der Waals surface area contributed by atoms with Gasteiger partial charge in [-0.05, 0) is 36.5 Å². The smallest absolute Gasteiger partial charge is 0.227 e. The van der Waals surface area contributed by atoms with Crippen LogP contribution in [0.5, 0.6) is 0 Å². The van der Waals surface area contributed by atoms with Crippen LogP contribution in [0, 0.1) is 5.92 Å². The molecule has 2 heterocycles. The molecular formula is C21H26N4O2. The third kappa shape index (κ3) is 3.75. The molecule has 2 aliphatic rings. The molecule has 6 nitrogen and oxygen atoms in total. The van der Waals surface area contributed by atoms with Crippen molar-refractivity contribution >= 4 is 17.5 Å². The van der Waals surface area contributed by atoms with Crippen molar-refractivity contribution in [2.45, 2.75) is 51.6 Å². The quantitative estimate of drug-likeness (QED) is 0.854. The maximum absolute atomic E-state index is 12.6. The van der Waals surface area contributed by atoms with Gasteiger partial charge in [-0.3, -0.25) is 9.59 Å². The van der Waals surface area contributed by atoms with Gasteiger partial charge in [0.05, 0.1) is 24.5 Å². The number of carbonyl (C=O) groups excluding carboxylic acids is 2.